The van der Waals surface area contributed by atoms with Crippen molar-refractivity contribution in [3.63, 3.8) is 0 Å². The largest absolute Gasteiger partial charge is 0.493 e. The molecule has 5 rings (SSSR count). The van der Waals surface area contributed by atoms with E-state index in [1.807, 2.05) is 30.3 Å². The van der Waals surface area contributed by atoms with Crippen molar-refractivity contribution in [2.45, 2.75) is 13.8 Å². The van der Waals surface area contributed by atoms with E-state index in [2.05, 4.69) is 33.8 Å². The van der Waals surface area contributed by atoms with Crippen molar-refractivity contribution in [2.75, 3.05) is 20.3 Å². The van der Waals surface area contributed by atoms with Gasteiger partial charge in [-0.15, -0.1) is 0 Å². The van der Waals surface area contributed by atoms with Crippen LogP contribution in [0.5, 0.6) is 29.0 Å². The molecule has 1 N–H and O–H groups in total. The monoisotopic (exact) mass is 456 g/mol. The Hall–Kier alpha value is -4.33. The summed E-state index contributed by atoms with van der Waals surface area (Å²) >= 11 is 0. The molecule has 8 heteroatoms. The van der Waals surface area contributed by atoms with Crippen LogP contribution in [0.4, 0.5) is 0 Å². The number of aromatic amines is 1. The van der Waals surface area contributed by atoms with Crippen molar-refractivity contribution < 1.29 is 18.9 Å². The van der Waals surface area contributed by atoms with E-state index in [1.165, 1.54) is 5.56 Å². The maximum Gasteiger partial charge on any atom is 0.322 e. The lowest BCUT2D eigenvalue weighted by Crippen LogP contribution is -2.09. The number of benzene rings is 2. The summed E-state index contributed by atoms with van der Waals surface area (Å²) in [6, 6.07) is 13.4. The van der Waals surface area contributed by atoms with Crippen LogP contribution >= 0.6 is 0 Å². The minimum atomic E-state index is 0.258. The van der Waals surface area contributed by atoms with Crippen molar-refractivity contribution in [3.8, 4) is 29.0 Å². The number of pyridine rings is 1. The maximum atomic E-state index is 5.97. The molecule has 0 amide bonds. The third-order valence-corrected chi connectivity index (χ3v) is 5.59. The van der Waals surface area contributed by atoms with Gasteiger partial charge in [-0.05, 0) is 55.8 Å². The zero-order valence-corrected chi connectivity index (χ0v) is 19.2. The molecular formula is C26H24N4O4. The van der Waals surface area contributed by atoms with Gasteiger partial charge in [0.1, 0.15) is 24.7 Å². The number of H-pyrrole nitrogens is 1. The van der Waals surface area contributed by atoms with Crippen molar-refractivity contribution >= 4 is 21.8 Å². The molecule has 3 heterocycles. The highest BCUT2D eigenvalue weighted by Crippen LogP contribution is 2.33. The first-order valence-electron chi connectivity index (χ1n) is 10.9. The highest BCUT2D eigenvalue weighted by atomic mass is 16.5. The van der Waals surface area contributed by atoms with Gasteiger partial charge in [-0.25, -0.2) is 4.98 Å². The van der Waals surface area contributed by atoms with Gasteiger partial charge in [0.2, 0.25) is 0 Å². The number of ether oxygens (including phenoxy) is 4. The maximum absolute atomic E-state index is 5.97. The molecule has 5 aromatic rings. The van der Waals surface area contributed by atoms with Crippen molar-refractivity contribution in [1.82, 2.24) is 19.9 Å². The summed E-state index contributed by atoms with van der Waals surface area (Å²) in [5.41, 5.74) is 4.10. The molecule has 172 valence electrons. The lowest BCUT2D eigenvalue weighted by atomic mass is 10.1. The topological polar surface area (TPSA) is 91.4 Å². The lowest BCUT2D eigenvalue weighted by molar-refractivity contribution is 0.211. The molecule has 0 fully saturated rings. The van der Waals surface area contributed by atoms with Gasteiger partial charge in [-0.2, -0.15) is 4.98 Å². The molecule has 0 spiro atoms. The number of aromatic nitrogens is 4. The van der Waals surface area contributed by atoms with Gasteiger partial charge in [-0.3, -0.25) is 4.98 Å². The molecule has 8 nitrogen and oxygen atoms in total. The molecule has 0 aliphatic heterocycles. The standard InChI is InChI=1S/C26H24N4O4/c1-16-17(2)29-22-5-4-20(13-21(16)22)34-26-28-15-18-12-24(31-3)25(14-23(18)30-26)33-11-10-32-19-6-8-27-9-7-19/h4-9,12-15,29H,10-11H2,1-3H3. The Kier molecular flexibility index (Phi) is 5.86. The minimum absolute atomic E-state index is 0.258. The summed E-state index contributed by atoms with van der Waals surface area (Å²) in [7, 11) is 1.60. The molecule has 0 radical (unpaired) electrons. The van der Waals surface area contributed by atoms with E-state index >= 15 is 0 Å². The van der Waals surface area contributed by atoms with E-state index in [4.69, 9.17) is 18.9 Å². The number of nitrogens with zero attached hydrogens (tertiary/aromatic N) is 3. The first-order chi connectivity index (χ1) is 16.6. The van der Waals surface area contributed by atoms with Crippen LogP contribution in [0.15, 0.2) is 61.1 Å². The van der Waals surface area contributed by atoms with Crippen LogP contribution < -0.4 is 18.9 Å². The molecule has 0 unspecified atom stereocenters. The van der Waals surface area contributed by atoms with E-state index in [1.54, 1.807) is 37.8 Å². The van der Waals surface area contributed by atoms with Crippen molar-refractivity contribution in [1.29, 1.82) is 0 Å². The van der Waals surface area contributed by atoms with Gasteiger partial charge in [0.05, 0.1) is 12.6 Å². The molecule has 34 heavy (non-hydrogen) atoms. The van der Waals surface area contributed by atoms with Crippen LogP contribution in [-0.4, -0.2) is 40.3 Å². The summed E-state index contributed by atoms with van der Waals surface area (Å²) in [5, 5.41) is 1.93. The molecule has 0 aliphatic carbocycles. The fourth-order valence-electron chi connectivity index (χ4n) is 3.70. The Morgan fingerprint density at radius 3 is 2.53 bits per heavy atom. The van der Waals surface area contributed by atoms with Gasteiger partial charge < -0.3 is 23.9 Å². The van der Waals surface area contributed by atoms with Crippen molar-refractivity contribution in [2.24, 2.45) is 0 Å². The number of aryl methyl sites for hydroxylation is 2. The van der Waals surface area contributed by atoms with E-state index in [-0.39, 0.29) is 6.01 Å². The highest BCUT2D eigenvalue weighted by molar-refractivity contribution is 5.86. The van der Waals surface area contributed by atoms with Gasteiger partial charge in [-0.1, -0.05) is 0 Å². The number of nitrogens with one attached hydrogen (secondary N) is 1. The van der Waals surface area contributed by atoms with Crippen LogP contribution in [0.25, 0.3) is 21.8 Å². The zero-order valence-electron chi connectivity index (χ0n) is 19.2. The van der Waals surface area contributed by atoms with Gasteiger partial charge >= 0.3 is 6.01 Å². The molecule has 0 aliphatic rings. The fraction of sp³-hybridized carbons (Fsp3) is 0.192. The Balaban J connectivity index is 1.34. The summed E-state index contributed by atoms with van der Waals surface area (Å²) in [4.78, 5) is 16.3. The van der Waals surface area contributed by atoms with E-state index < -0.39 is 0 Å². The number of fused-ring (bicyclic) bond motifs is 2. The summed E-state index contributed by atoms with van der Waals surface area (Å²) < 4.78 is 23.0. The van der Waals surface area contributed by atoms with Crippen LogP contribution in [0.1, 0.15) is 11.3 Å². The van der Waals surface area contributed by atoms with Crippen LogP contribution in [-0.2, 0) is 0 Å². The number of rotatable bonds is 8. The van der Waals surface area contributed by atoms with Crippen LogP contribution in [0, 0.1) is 13.8 Å². The summed E-state index contributed by atoms with van der Waals surface area (Å²) in [5.74, 6) is 2.57. The van der Waals surface area contributed by atoms with E-state index in [9.17, 15) is 0 Å². The number of methoxy groups -OCH3 is 1. The Morgan fingerprint density at radius 2 is 1.71 bits per heavy atom. The minimum Gasteiger partial charge on any atom is -0.493 e. The highest BCUT2D eigenvalue weighted by Gasteiger charge is 2.12. The predicted molar refractivity (Wildman–Crippen MR) is 129 cm³/mol. The number of hydrogen-bond acceptors (Lipinski definition) is 7. The first-order valence-corrected chi connectivity index (χ1v) is 10.9. The Bertz CT molecular complexity index is 1450. The third kappa shape index (κ3) is 4.43. The average Bonchev–Trinajstić information content (AvgIpc) is 3.15. The Morgan fingerprint density at radius 1 is 0.882 bits per heavy atom. The van der Waals surface area contributed by atoms with Crippen LogP contribution in [0.3, 0.4) is 0 Å². The second-order valence-electron chi connectivity index (χ2n) is 7.78. The SMILES string of the molecule is COc1cc2cnc(Oc3ccc4[nH]c(C)c(C)c4c3)nc2cc1OCCOc1ccncc1. The van der Waals surface area contributed by atoms with Gasteiger partial charge in [0, 0.05) is 46.6 Å². The van der Waals surface area contributed by atoms with Crippen LogP contribution in [0.2, 0.25) is 0 Å². The molecule has 3 aromatic heterocycles. The molecule has 0 atom stereocenters. The quantitative estimate of drug-likeness (QED) is 0.313. The normalized spacial score (nSPS) is 11.0. The molecule has 0 bridgehead atoms. The molecule has 0 saturated heterocycles. The first kappa shape index (κ1) is 21.5. The average molecular weight is 457 g/mol. The number of hydrogen-bond donors (Lipinski definition) is 1. The Labute approximate surface area is 196 Å². The second kappa shape index (κ2) is 9.27. The van der Waals surface area contributed by atoms with Gasteiger partial charge in [0.25, 0.3) is 0 Å². The van der Waals surface area contributed by atoms with E-state index in [0.29, 0.717) is 36.0 Å². The van der Waals surface area contributed by atoms with E-state index in [0.717, 1.165) is 27.7 Å². The second-order valence-corrected chi connectivity index (χ2v) is 7.78. The molecular weight excluding hydrogens is 432 g/mol. The van der Waals surface area contributed by atoms with Gasteiger partial charge in [0.15, 0.2) is 11.5 Å². The lowest BCUT2D eigenvalue weighted by Gasteiger charge is -2.13. The molecule has 2 aromatic carbocycles. The van der Waals surface area contributed by atoms with Crippen molar-refractivity contribution in [3.05, 3.63) is 72.3 Å². The molecule has 0 saturated carbocycles. The summed E-state index contributed by atoms with van der Waals surface area (Å²) in [6.07, 6.45) is 5.07. The zero-order chi connectivity index (χ0) is 23.5. The fourth-order valence-corrected chi connectivity index (χ4v) is 3.70. The third-order valence-electron chi connectivity index (χ3n) is 5.59. The summed E-state index contributed by atoms with van der Waals surface area (Å²) in [6.45, 7) is 4.86. The predicted octanol–water partition coefficient (Wildman–Crippen LogP) is 5.38. The smallest absolute Gasteiger partial charge is 0.322 e.